The minimum Gasteiger partial charge on any atom is -0.309 e. The van der Waals surface area contributed by atoms with Gasteiger partial charge in [-0.1, -0.05) is 12.8 Å². The minimum absolute atomic E-state index is 0.127. The standard InChI is InChI=1S/C16H18N6O/c23-15(8-12-10-22-7-3-6-17-16(22)18-12)19-14-9-13(20-21-14)11-4-1-2-5-11/h3,6-7,9-11H,1-2,4-5,8H2,(H2,19,20,21,23). The second-order valence-corrected chi connectivity index (χ2v) is 5.97. The highest BCUT2D eigenvalue weighted by molar-refractivity contribution is 5.91. The van der Waals surface area contributed by atoms with Crippen LogP contribution in [0.5, 0.6) is 0 Å². The van der Waals surface area contributed by atoms with Gasteiger partial charge < -0.3 is 5.32 Å². The molecular formula is C16H18N6O. The third-order valence-electron chi connectivity index (χ3n) is 4.29. The summed E-state index contributed by atoms with van der Waals surface area (Å²) < 4.78 is 1.80. The monoisotopic (exact) mass is 310 g/mol. The molecule has 0 aromatic carbocycles. The zero-order valence-corrected chi connectivity index (χ0v) is 12.7. The molecule has 118 valence electrons. The zero-order valence-electron chi connectivity index (χ0n) is 12.7. The first-order valence-corrected chi connectivity index (χ1v) is 7.92. The lowest BCUT2D eigenvalue weighted by atomic mass is 10.0. The quantitative estimate of drug-likeness (QED) is 0.774. The van der Waals surface area contributed by atoms with Crippen LogP contribution in [0.1, 0.15) is 43.0 Å². The number of nitrogens with zero attached hydrogens (tertiary/aromatic N) is 4. The molecule has 0 bridgehead atoms. The van der Waals surface area contributed by atoms with Crippen molar-refractivity contribution in [1.82, 2.24) is 24.6 Å². The lowest BCUT2D eigenvalue weighted by Crippen LogP contribution is -2.14. The molecular weight excluding hydrogens is 292 g/mol. The molecule has 0 aliphatic heterocycles. The molecule has 0 radical (unpaired) electrons. The molecule has 1 fully saturated rings. The fourth-order valence-electron chi connectivity index (χ4n) is 3.16. The minimum atomic E-state index is -0.127. The third-order valence-corrected chi connectivity index (χ3v) is 4.29. The molecule has 3 aromatic rings. The van der Waals surface area contributed by atoms with E-state index in [4.69, 9.17) is 0 Å². The summed E-state index contributed by atoms with van der Waals surface area (Å²) in [5.41, 5.74) is 1.81. The van der Waals surface area contributed by atoms with Gasteiger partial charge in [0.25, 0.3) is 0 Å². The highest BCUT2D eigenvalue weighted by atomic mass is 16.1. The van der Waals surface area contributed by atoms with Crippen molar-refractivity contribution in [3.63, 3.8) is 0 Å². The Morgan fingerprint density at radius 1 is 1.39 bits per heavy atom. The topological polar surface area (TPSA) is 88.0 Å². The molecule has 1 saturated carbocycles. The Hall–Kier alpha value is -2.70. The number of imidazole rings is 1. The van der Waals surface area contributed by atoms with E-state index in [2.05, 4.69) is 25.5 Å². The van der Waals surface area contributed by atoms with Crippen LogP contribution in [0.4, 0.5) is 5.82 Å². The number of amides is 1. The van der Waals surface area contributed by atoms with Crippen molar-refractivity contribution in [3.8, 4) is 0 Å². The fraction of sp³-hybridized carbons (Fsp3) is 0.375. The van der Waals surface area contributed by atoms with Crippen molar-refractivity contribution < 1.29 is 4.79 Å². The van der Waals surface area contributed by atoms with Gasteiger partial charge in [-0.2, -0.15) is 5.10 Å². The van der Waals surface area contributed by atoms with E-state index in [1.807, 2.05) is 24.5 Å². The molecule has 1 aliphatic rings. The number of aromatic amines is 1. The summed E-state index contributed by atoms with van der Waals surface area (Å²) in [6.07, 6.45) is 10.5. The Labute approximate surface area is 133 Å². The zero-order chi connectivity index (χ0) is 15.6. The van der Waals surface area contributed by atoms with Crippen molar-refractivity contribution >= 4 is 17.5 Å². The molecule has 0 atom stereocenters. The summed E-state index contributed by atoms with van der Waals surface area (Å²) in [6, 6.07) is 3.77. The summed E-state index contributed by atoms with van der Waals surface area (Å²) in [4.78, 5) is 20.6. The van der Waals surface area contributed by atoms with Crippen LogP contribution in [-0.4, -0.2) is 30.5 Å². The normalized spacial score (nSPS) is 15.3. The largest absolute Gasteiger partial charge is 0.309 e. The summed E-state index contributed by atoms with van der Waals surface area (Å²) >= 11 is 0. The van der Waals surface area contributed by atoms with E-state index in [-0.39, 0.29) is 12.3 Å². The summed E-state index contributed by atoms with van der Waals surface area (Å²) in [7, 11) is 0. The van der Waals surface area contributed by atoms with Crippen LogP contribution >= 0.6 is 0 Å². The van der Waals surface area contributed by atoms with Gasteiger partial charge in [-0.25, -0.2) is 9.97 Å². The van der Waals surface area contributed by atoms with Gasteiger partial charge in [0.15, 0.2) is 5.82 Å². The fourth-order valence-corrected chi connectivity index (χ4v) is 3.16. The van der Waals surface area contributed by atoms with Crippen LogP contribution in [0.3, 0.4) is 0 Å². The third kappa shape index (κ3) is 2.94. The second-order valence-electron chi connectivity index (χ2n) is 5.97. The number of aromatic nitrogens is 5. The SMILES string of the molecule is O=C(Cc1cn2cccnc2n1)Nc1cc(C2CCCC2)[nH]n1. The van der Waals surface area contributed by atoms with Gasteiger partial charge in [-0.05, 0) is 18.9 Å². The second kappa shape index (κ2) is 5.83. The maximum Gasteiger partial charge on any atom is 0.233 e. The van der Waals surface area contributed by atoms with Gasteiger partial charge in [0.2, 0.25) is 11.7 Å². The lowest BCUT2D eigenvalue weighted by Gasteiger charge is -2.03. The Bertz CT molecular complexity index is 797. The van der Waals surface area contributed by atoms with Crippen molar-refractivity contribution in [2.45, 2.75) is 38.0 Å². The number of hydrogen-bond donors (Lipinski definition) is 2. The molecule has 0 unspecified atom stereocenters. The van der Waals surface area contributed by atoms with E-state index in [0.29, 0.717) is 23.2 Å². The maximum absolute atomic E-state index is 12.2. The number of fused-ring (bicyclic) bond motifs is 1. The molecule has 3 aromatic heterocycles. The van der Waals surface area contributed by atoms with E-state index < -0.39 is 0 Å². The molecule has 2 N–H and O–H groups in total. The predicted molar refractivity (Wildman–Crippen MR) is 85.1 cm³/mol. The lowest BCUT2D eigenvalue weighted by molar-refractivity contribution is -0.115. The number of hydrogen-bond acceptors (Lipinski definition) is 4. The maximum atomic E-state index is 12.2. The average Bonchev–Trinajstić information content (AvgIpc) is 3.26. The Balaban J connectivity index is 1.41. The summed E-state index contributed by atoms with van der Waals surface area (Å²) in [5.74, 6) is 1.60. The van der Waals surface area contributed by atoms with Crippen molar-refractivity contribution in [2.24, 2.45) is 0 Å². The smallest absolute Gasteiger partial charge is 0.233 e. The molecule has 1 aliphatic carbocycles. The number of carbonyl (C=O) groups excluding carboxylic acids is 1. The van der Waals surface area contributed by atoms with Gasteiger partial charge in [0.1, 0.15) is 0 Å². The summed E-state index contributed by atoms with van der Waals surface area (Å²) in [5, 5.41) is 10.1. The van der Waals surface area contributed by atoms with Crippen molar-refractivity contribution in [1.29, 1.82) is 0 Å². The van der Waals surface area contributed by atoms with Crippen molar-refractivity contribution in [3.05, 3.63) is 42.1 Å². The first kappa shape index (κ1) is 13.9. The first-order chi connectivity index (χ1) is 11.3. The van der Waals surface area contributed by atoms with Crippen LogP contribution in [0.2, 0.25) is 0 Å². The first-order valence-electron chi connectivity index (χ1n) is 7.92. The van der Waals surface area contributed by atoms with Crippen LogP contribution < -0.4 is 5.32 Å². The van der Waals surface area contributed by atoms with E-state index in [1.54, 1.807) is 10.6 Å². The molecule has 4 rings (SSSR count). The highest BCUT2D eigenvalue weighted by Gasteiger charge is 2.19. The number of anilines is 1. The van der Waals surface area contributed by atoms with Gasteiger partial charge in [0, 0.05) is 36.3 Å². The average molecular weight is 310 g/mol. The van der Waals surface area contributed by atoms with Gasteiger partial charge in [0.05, 0.1) is 12.1 Å². The predicted octanol–water partition coefficient (Wildman–Crippen LogP) is 2.29. The van der Waals surface area contributed by atoms with E-state index in [9.17, 15) is 4.79 Å². The molecule has 7 heteroatoms. The highest BCUT2D eigenvalue weighted by Crippen LogP contribution is 2.33. The molecule has 3 heterocycles. The summed E-state index contributed by atoms with van der Waals surface area (Å²) in [6.45, 7) is 0. The number of rotatable bonds is 4. The van der Waals surface area contributed by atoms with Crippen molar-refractivity contribution in [2.75, 3.05) is 5.32 Å². The van der Waals surface area contributed by atoms with Gasteiger partial charge >= 0.3 is 0 Å². The van der Waals surface area contributed by atoms with E-state index >= 15 is 0 Å². The van der Waals surface area contributed by atoms with E-state index in [1.165, 1.54) is 25.7 Å². The van der Waals surface area contributed by atoms with Crippen LogP contribution in [0, 0.1) is 0 Å². The van der Waals surface area contributed by atoms with E-state index in [0.717, 1.165) is 5.69 Å². The van der Waals surface area contributed by atoms with Gasteiger partial charge in [-0.15, -0.1) is 0 Å². The van der Waals surface area contributed by atoms with Crippen LogP contribution in [0.25, 0.3) is 5.78 Å². The number of carbonyl (C=O) groups is 1. The molecule has 1 amide bonds. The van der Waals surface area contributed by atoms with Crippen LogP contribution in [-0.2, 0) is 11.2 Å². The molecule has 23 heavy (non-hydrogen) atoms. The number of nitrogens with one attached hydrogen (secondary N) is 2. The molecule has 0 spiro atoms. The number of H-pyrrole nitrogens is 1. The Morgan fingerprint density at radius 2 is 2.26 bits per heavy atom. The Kier molecular flexibility index (Phi) is 3.53. The Morgan fingerprint density at radius 3 is 3.09 bits per heavy atom. The van der Waals surface area contributed by atoms with Crippen LogP contribution in [0.15, 0.2) is 30.7 Å². The molecule has 0 saturated heterocycles. The molecule has 7 nitrogen and oxygen atoms in total. The van der Waals surface area contributed by atoms with Gasteiger partial charge in [-0.3, -0.25) is 14.3 Å².